The third kappa shape index (κ3) is 13.3. The van der Waals surface area contributed by atoms with Crippen LogP contribution in [0.2, 0.25) is 0 Å². The lowest BCUT2D eigenvalue weighted by atomic mass is 10.0. The number of aliphatic carboxylic acids is 1. The minimum absolute atomic E-state index is 0.343. The predicted octanol–water partition coefficient (Wildman–Crippen LogP) is 8.34. The van der Waals surface area contributed by atoms with Crippen molar-refractivity contribution in [1.29, 1.82) is 0 Å². The van der Waals surface area contributed by atoms with Crippen molar-refractivity contribution in [3.63, 3.8) is 0 Å². The molecule has 0 aliphatic rings. The Hall–Kier alpha value is -2.53. The highest BCUT2D eigenvalue weighted by molar-refractivity contribution is 5.74. The Morgan fingerprint density at radius 3 is 1.92 bits per heavy atom. The van der Waals surface area contributed by atoms with Gasteiger partial charge in [0, 0.05) is 12.0 Å². The van der Waals surface area contributed by atoms with Gasteiger partial charge < -0.3 is 19.9 Å². The molecule has 0 fully saturated rings. The molecular weight excluding hydrogens is 474 g/mol. The van der Waals surface area contributed by atoms with E-state index >= 15 is 0 Å². The number of hydrogen-bond donors (Lipinski definition) is 2. The molecule has 0 aromatic heterocycles. The van der Waals surface area contributed by atoms with Crippen LogP contribution in [0.25, 0.3) is 0 Å². The molecule has 0 heterocycles. The van der Waals surface area contributed by atoms with Crippen molar-refractivity contribution in [2.45, 2.75) is 116 Å². The van der Waals surface area contributed by atoms with Gasteiger partial charge in [0.2, 0.25) is 0 Å². The Morgan fingerprint density at radius 1 is 0.789 bits per heavy atom. The number of ether oxygens (including phenoxy) is 2. The maximum Gasteiger partial charge on any atom is 0.321 e. The number of hydrogen-bond acceptors (Lipinski definition) is 4. The number of carbonyl (C=O) groups is 1. The zero-order chi connectivity index (χ0) is 27.3. The summed E-state index contributed by atoms with van der Waals surface area (Å²) < 4.78 is 11.6. The van der Waals surface area contributed by atoms with Crippen molar-refractivity contribution < 1.29 is 19.4 Å². The van der Waals surface area contributed by atoms with Crippen LogP contribution in [0.5, 0.6) is 11.5 Å². The summed E-state index contributed by atoms with van der Waals surface area (Å²) in [7, 11) is 1.61. The molecule has 0 radical (unpaired) electrons. The molecule has 1 atom stereocenters. The fourth-order valence-corrected chi connectivity index (χ4v) is 4.84. The normalized spacial score (nSPS) is 11.8. The Labute approximate surface area is 231 Å². The average molecular weight is 526 g/mol. The first-order valence-electron chi connectivity index (χ1n) is 14.9. The molecule has 0 saturated heterocycles. The number of benzene rings is 2. The van der Waals surface area contributed by atoms with Gasteiger partial charge in [-0.05, 0) is 24.6 Å². The first-order valence-corrected chi connectivity index (χ1v) is 14.9. The van der Waals surface area contributed by atoms with E-state index in [1.165, 1.54) is 77.0 Å². The summed E-state index contributed by atoms with van der Waals surface area (Å²) in [5.41, 5.74) is 1.89. The molecule has 38 heavy (non-hydrogen) atoms. The van der Waals surface area contributed by atoms with E-state index in [9.17, 15) is 9.90 Å². The SMILES string of the molecule is CCCCCCCCCCCCCCCCN[C@@H](Cc1cccc(OC)c1OCc1ccccc1)C(=O)O. The Morgan fingerprint density at radius 2 is 1.37 bits per heavy atom. The largest absolute Gasteiger partial charge is 0.493 e. The van der Waals surface area contributed by atoms with Crippen molar-refractivity contribution >= 4 is 5.97 Å². The molecule has 0 spiro atoms. The van der Waals surface area contributed by atoms with Gasteiger partial charge in [0.25, 0.3) is 0 Å². The van der Waals surface area contributed by atoms with Crippen LogP contribution < -0.4 is 14.8 Å². The number of rotatable bonds is 23. The Bertz CT molecular complexity index is 871. The molecule has 5 heteroatoms. The van der Waals surface area contributed by atoms with Gasteiger partial charge in [-0.25, -0.2) is 0 Å². The molecule has 212 valence electrons. The molecule has 5 nitrogen and oxygen atoms in total. The first-order chi connectivity index (χ1) is 18.7. The van der Waals surface area contributed by atoms with Crippen molar-refractivity contribution in [2.75, 3.05) is 13.7 Å². The molecule has 0 aliphatic heterocycles. The summed E-state index contributed by atoms with van der Waals surface area (Å²) in [6, 6.07) is 14.9. The first kappa shape index (κ1) is 31.7. The summed E-state index contributed by atoms with van der Waals surface area (Å²) in [5.74, 6) is 0.394. The number of nitrogens with one attached hydrogen (secondary N) is 1. The van der Waals surface area contributed by atoms with Crippen LogP contribution in [0.4, 0.5) is 0 Å². The van der Waals surface area contributed by atoms with Crippen LogP contribution >= 0.6 is 0 Å². The van der Waals surface area contributed by atoms with E-state index in [0.29, 0.717) is 31.1 Å². The second-order valence-corrected chi connectivity index (χ2v) is 10.4. The van der Waals surface area contributed by atoms with Crippen LogP contribution in [0.3, 0.4) is 0 Å². The quantitative estimate of drug-likeness (QED) is 0.143. The van der Waals surface area contributed by atoms with Crippen LogP contribution in [0.1, 0.15) is 108 Å². The van der Waals surface area contributed by atoms with Crippen LogP contribution in [0, 0.1) is 0 Å². The third-order valence-corrected chi connectivity index (χ3v) is 7.15. The van der Waals surface area contributed by atoms with E-state index in [0.717, 1.165) is 24.0 Å². The summed E-state index contributed by atoms with van der Waals surface area (Å²) in [6.07, 6.45) is 18.8. The summed E-state index contributed by atoms with van der Waals surface area (Å²) in [6.45, 7) is 3.38. The summed E-state index contributed by atoms with van der Waals surface area (Å²) >= 11 is 0. The van der Waals surface area contributed by atoms with Crippen LogP contribution in [-0.2, 0) is 17.8 Å². The predicted molar refractivity (Wildman–Crippen MR) is 157 cm³/mol. The fourth-order valence-electron chi connectivity index (χ4n) is 4.84. The maximum absolute atomic E-state index is 12.0. The smallest absolute Gasteiger partial charge is 0.321 e. The summed E-state index contributed by atoms with van der Waals surface area (Å²) in [4.78, 5) is 12.0. The van der Waals surface area contributed by atoms with E-state index in [2.05, 4.69) is 12.2 Å². The standard InChI is InChI=1S/C33H51NO4/c1-3-4-5-6-7-8-9-10-11-12-13-14-15-19-25-34-30(33(35)36)26-29-23-20-24-31(37-2)32(29)38-27-28-21-17-16-18-22-28/h16-18,20-24,30,34H,3-15,19,25-27H2,1-2H3,(H,35,36)/t30-/m0/s1. The number of para-hydroxylation sites is 1. The van der Waals surface area contributed by atoms with Gasteiger partial charge in [-0.15, -0.1) is 0 Å². The van der Waals surface area contributed by atoms with Gasteiger partial charge in [0.1, 0.15) is 12.6 Å². The maximum atomic E-state index is 12.0. The zero-order valence-corrected chi connectivity index (χ0v) is 23.9. The van der Waals surface area contributed by atoms with Crippen molar-refractivity contribution in [3.8, 4) is 11.5 Å². The number of methoxy groups -OCH3 is 1. The number of carboxylic acid groups (broad SMARTS) is 1. The molecule has 2 N–H and O–H groups in total. The molecule has 0 unspecified atom stereocenters. The van der Waals surface area contributed by atoms with Crippen molar-refractivity contribution in [2.24, 2.45) is 0 Å². The molecule has 0 aliphatic carbocycles. The minimum atomic E-state index is -0.841. The lowest BCUT2D eigenvalue weighted by Crippen LogP contribution is -2.39. The van der Waals surface area contributed by atoms with Crippen LogP contribution in [0.15, 0.2) is 48.5 Å². The van der Waals surface area contributed by atoms with E-state index in [4.69, 9.17) is 9.47 Å². The molecular formula is C33H51NO4. The highest BCUT2D eigenvalue weighted by atomic mass is 16.5. The second-order valence-electron chi connectivity index (χ2n) is 10.4. The molecule has 0 saturated carbocycles. The molecule has 2 aromatic rings. The minimum Gasteiger partial charge on any atom is -0.493 e. The second kappa shape index (κ2) is 20.4. The fraction of sp³-hybridized carbons (Fsp3) is 0.606. The van der Waals surface area contributed by atoms with Crippen LogP contribution in [-0.4, -0.2) is 30.8 Å². The van der Waals surface area contributed by atoms with Gasteiger partial charge in [0.15, 0.2) is 11.5 Å². The van der Waals surface area contributed by atoms with E-state index < -0.39 is 12.0 Å². The molecule has 0 bridgehead atoms. The Balaban J connectivity index is 1.65. The third-order valence-electron chi connectivity index (χ3n) is 7.15. The van der Waals surface area contributed by atoms with E-state index in [1.807, 2.05) is 48.5 Å². The number of unbranched alkanes of at least 4 members (excludes halogenated alkanes) is 13. The number of carboxylic acids is 1. The monoisotopic (exact) mass is 525 g/mol. The lowest BCUT2D eigenvalue weighted by Gasteiger charge is -2.19. The van der Waals surface area contributed by atoms with Gasteiger partial charge in [-0.1, -0.05) is 133 Å². The zero-order valence-electron chi connectivity index (χ0n) is 23.9. The van der Waals surface area contributed by atoms with Gasteiger partial charge in [-0.2, -0.15) is 0 Å². The molecule has 2 aromatic carbocycles. The Kier molecular flexibility index (Phi) is 17.0. The molecule has 2 rings (SSSR count). The molecule has 0 amide bonds. The average Bonchev–Trinajstić information content (AvgIpc) is 2.93. The van der Waals surface area contributed by atoms with Gasteiger partial charge in [-0.3, -0.25) is 4.79 Å². The topological polar surface area (TPSA) is 67.8 Å². The van der Waals surface area contributed by atoms with E-state index in [1.54, 1.807) is 7.11 Å². The lowest BCUT2D eigenvalue weighted by molar-refractivity contribution is -0.139. The highest BCUT2D eigenvalue weighted by Gasteiger charge is 2.21. The van der Waals surface area contributed by atoms with Crippen molar-refractivity contribution in [1.82, 2.24) is 5.32 Å². The van der Waals surface area contributed by atoms with Crippen molar-refractivity contribution in [3.05, 3.63) is 59.7 Å². The van der Waals surface area contributed by atoms with E-state index in [-0.39, 0.29) is 0 Å². The van der Waals surface area contributed by atoms with Gasteiger partial charge >= 0.3 is 5.97 Å². The van der Waals surface area contributed by atoms with Gasteiger partial charge in [0.05, 0.1) is 7.11 Å². The summed E-state index contributed by atoms with van der Waals surface area (Å²) in [5, 5.41) is 13.1. The highest BCUT2D eigenvalue weighted by Crippen LogP contribution is 2.32.